The lowest BCUT2D eigenvalue weighted by Gasteiger charge is -2.08. The molecule has 0 bridgehead atoms. The molecule has 0 saturated heterocycles. The Morgan fingerprint density at radius 2 is 1.74 bits per heavy atom. The standard InChI is InChI=1S/C17H15NO/c1-13-6-8-15(9-7-13)19-12-14-10-11-18-17-5-3-2-4-16(14)17/h2-11H,12H2,1H3. The van der Waals surface area contributed by atoms with Gasteiger partial charge >= 0.3 is 0 Å². The highest BCUT2D eigenvalue weighted by molar-refractivity contribution is 5.81. The molecule has 0 spiro atoms. The van der Waals surface area contributed by atoms with Crippen LogP contribution in [0.2, 0.25) is 0 Å². The van der Waals surface area contributed by atoms with Gasteiger partial charge in [-0.15, -0.1) is 0 Å². The zero-order valence-corrected chi connectivity index (χ0v) is 10.8. The van der Waals surface area contributed by atoms with Crippen LogP contribution in [0.1, 0.15) is 11.1 Å². The Hall–Kier alpha value is -2.35. The van der Waals surface area contributed by atoms with Crippen molar-refractivity contribution in [2.75, 3.05) is 0 Å². The third kappa shape index (κ3) is 2.58. The van der Waals surface area contributed by atoms with Crippen molar-refractivity contribution in [3.05, 3.63) is 71.9 Å². The molecule has 0 N–H and O–H groups in total. The minimum absolute atomic E-state index is 0.562. The number of nitrogens with zero attached hydrogens (tertiary/aromatic N) is 1. The molecule has 0 amide bonds. The molecule has 1 aromatic heterocycles. The average molecular weight is 249 g/mol. The Labute approximate surface area is 112 Å². The highest BCUT2D eigenvalue weighted by Gasteiger charge is 2.02. The Kier molecular flexibility index (Phi) is 3.15. The first-order valence-corrected chi connectivity index (χ1v) is 6.35. The lowest BCUT2D eigenvalue weighted by Crippen LogP contribution is -1.97. The van der Waals surface area contributed by atoms with E-state index in [4.69, 9.17) is 4.74 Å². The third-order valence-corrected chi connectivity index (χ3v) is 3.15. The van der Waals surface area contributed by atoms with Crippen molar-refractivity contribution >= 4 is 10.9 Å². The van der Waals surface area contributed by atoms with Gasteiger partial charge in [0.25, 0.3) is 0 Å². The number of aromatic nitrogens is 1. The molecule has 2 nitrogen and oxygen atoms in total. The van der Waals surface area contributed by atoms with Gasteiger partial charge in [0.15, 0.2) is 0 Å². The van der Waals surface area contributed by atoms with E-state index in [1.165, 1.54) is 5.56 Å². The van der Waals surface area contributed by atoms with E-state index in [1.54, 1.807) is 0 Å². The molecular weight excluding hydrogens is 234 g/mol. The van der Waals surface area contributed by atoms with E-state index in [-0.39, 0.29) is 0 Å². The van der Waals surface area contributed by atoms with E-state index in [0.717, 1.165) is 22.2 Å². The van der Waals surface area contributed by atoms with Gasteiger partial charge in [0, 0.05) is 17.1 Å². The van der Waals surface area contributed by atoms with Crippen molar-refractivity contribution in [1.82, 2.24) is 4.98 Å². The van der Waals surface area contributed by atoms with E-state index in [2.05, 4.69) is 30.1 Å². The first-order valence-electron chi connectivity index (χ1n) is 6.35. The summed E-state index contributed by atoms with van der Waals surface area (Å²) in [6.07, 6.45) is 1.83. The maximum Gasteiger partial charge on any atom is 0.119 e. The fourth-order valence-electron chi connectivity index (χ4n) is 2.08. The quantitative estimate of drug-likeness (QED) is 0.696. The van der Waals surface area contributed by atoms with Gasteiger partial charge in [-0.1, -0.05) is 35.9 Å². The average Bonchev–Trinajstić information content (AvgIpc) is 2.47. The fourth-order valence-corrected chi connectivity index (χ4v) is 2.08. The first kappa shape index (κ1) is 11.7. The van der Waals surface area contributed by atoms with Crippen molar-refractivity contribution in [2.24, 2.45) is 0 Å². The summed E-state index contributed by atoms with van der Waals surface area (Å²) in [6.45, 7) is 2.63. The summed E-state index contributed by atoms with van der Waals surface area (Å²) in [5, 5.41) is 1.15. The van der Waals surface area contributed by atoms with Gasteiger partial charge in [-0.2, -0.15) is 0 Å². The number of fused-ring (bicyclic) bond motifs is 1. The van der Waals surface area contributed by atoms with Gasteiger partial charge in [-0.3, -0.25) is 4.98 Å². The summed E-state index contributed by atoms with van der Waals surface area (Å²) < 4.78 is 5.83. The van der Waals surface area contributed by atoms with E-state index < -0.39 is 0 Å². The number of hydrogen-bond donors (Lipinski definition) is 0. The summed E-state index contributed by atoms with van der Waals surface area (Å²) >= 11 is 0. The molecule has 0 aliphatic rings. The van der Waals surface area contributed by atoms with Gasteiger partial charge in [0.1, 0.15) is 12.4 Å². The first-order chi connectivity index (χ1) is 9.33. The number of hydrogen-bond acceptors (Lipinski definition) is 2. The molecule has 0 atom stereocenters. The molecule has 0 saturated carbocycles. The predicted molar refractivity (Wildman–Crippen MR) is 77.3 cm³/mol. The van der Waals surface area contributed by atoms with Gasteiger partial charge in [0.05, 0.1) is 5.52 Å². The van der Waals surface area contributed by atoms with E-state index >= 15 is 0 Å². The van der Waals surface area contributed by atoms with Gasteiger partial charge in [0.2, 0.25) is 0 Å². The van der Waals surface area contributed by atoms with Crippen LogP contribution in [0.5, 0.6) is 5.75 Å². The number of para-hydroxylation sites is 1. The minimum atomic E-state index is 0.562. The lowest BCUT2D eigenvalue weighted by molar-refractivity contribution is 0.307. The van der Waals surface area contributed by atoms with Gasteiger partial charge in [-0.05, 0) is 31.2 Å². The topological polar surface area (TPSA) is 22.1 Å². The van der Waals surface area contributed by atoms with Crippen LogP contribution in [0.3, 0.4) is 0 Å². The van der Waals surface area contributed by atoms with Crippen LogP contribution in [-0.2, 0) is 6.61 Å². The van der Waals surface area contributed by atoms with Crippen molar-refractivity contribution in [1.29, 1.82) is 0 Å². The predicted octanol–water partition coefficient (Wildman–Crippen LogP) is 4.12. The zero-order valence-electron chi connectivity index (χ0n) is 10.8. The summed E-state index contributed by atoms with van der Waals surface area (Å²) in [4.78, 5) is 4.35. The minimum Gasteiger partial charge on any atom is -0.489 e. The Morgan fingerprint density at radius 1 is 0.947 bits per heavy atom. The highest BCUT2D eigenvalue weighted by Crippen LogP contribution is 2.19. The normalized spacial score (nSPS) is 10.6. The van der Waals surface area contributed by atoms with Crippen LogP contribution in [-0.4, -0.2) is 4.98 Å². The van der Waals surface area contributed by atoms with Crippen molar-refractivity contribution in [2.45, 2.75) is 13.5 Å². The van der Waals surface area contributed by atoms with E-state index in [0.29, 0.717) is 6.61 Å². The molecule has 1 heterocycles. The fraction of sp³-hybridized carbons (Fsp3) is 0.118. The summed E-state index contributed by atoms with van der Waals surface area (Å²) in [5.41, 5.74) is 3.40. The number of rotatable bonds is 3. The molecule has 3 aromatic rings. The number of pyridine rings is 1. The summed E-state index contributed by atoms with van der Waals surface area (Å²) in [7, 11) is 0. The third-order valence-electron chi connectivity index (χ3n) is 3.15. The van der Waals surface area contributed by atoms with E-state index in [9.17, 15) is 0 Å². The molecule has 0 aliphatic carbocycles. The molecule has 2 heteroatoms. The van der Waals surface area contributed by atoms with E-state index in [1.807, 2.05) is 42.6 Å². The molecule has 3 rings (SSSR count). The second-order valence-electron chi connectivity index (χ2n) is 4.59. The van der Waals surface area contributed by atoms with Crippen LogP contribution < -0.4 is 4.74 Å². The number of aryl methyl sites for hydroxylation is 1. The second kappa shape index (κ2) is 5.11. The molecule has 0 aliphatic heterocycles. The van der Waals surface area contributed by atoms with Crippen LogP contribution in [0, 0.1) is 6.92 Å². The molecular formula is C17H15NO. The van der Waals surface area contributed by atoms with Gasteiger partial charge in [-0.25, -0.2) is 0 Å². The SMILES string of the molecule is Cc1ccc(OCc2ccnc3ccccc23)cc1. The van der Waals surface area contributed by atoms with Crippen molar-refractivity contribution in [3.8, 4) is 5.75 Å². The molecule has 0 fully saturated rings. The molecule has 0 radical (unpaired) electrons. The molecule has 19 heavy (non-hydrogen) atoms. The van der Waals surface area contributed by atoms with Crippen molar-refractivity contribution < 1.29 is 4.74 Å². The smallest absolute Gasteiger partial charge is 0.119 e. The van der Waals surface area contributed by atoms with Crippen molar-refractivity contribution in [3.63, 3.8) is 0 Å². The zero-order chi connectivity index (χ0) is 13.1. The monoisotopic (exact) mass is 249 g/mol. The largest absolute Gasteiger partial charge is 0.489 e. The maximum atomic E-state index is 5.83. The van der Waals surface area contributed by atoms with Crippen LogP contribution in [0.15, 0.2) is 60.8 Å². The summed E-state index contributed by atoms with van der Waals surface area (Å²) in [5.74, 6) is 0.895. The Morgan fingerprint density at radius 3 is 2.58 bits per heavy atom. The molecule has 0 unspecified atom stereocenters. The lowest BCUT2D eigenvalue weighted by atomic mass is 10.1. The number of benzene rings is 2. The summed E-state index contributed by atoms with van der Waals surface area (Å²) in [6, 6.07) is 18.2. The van der Waals surface area contributed by atoms with Gasteiger partial charge < -0.3 is 4.74 Å². The molecule has 94 valence electrons. The van der Waals surface area contributed by atoms with Crippen LogP contribution >= 0.6 is 0 Å². The highest BCUT2D eigenvalue weighted by atomic mass is 16.5. The van der Waals surface area contributed by atoms with Crippen LogP contribution in [0.25, 0.3) is 10.9 Å². The molecule has 2 aromatic carbocycles. The second-order valence-corrected chi connectivity index (χ2v) is 4.59. The number of ether oxygens (including phenoxy) is 1. The Bertz CT molecular complexity index is 684. The Balaban J connectivity index is 1.84. The van der Waals surface area contributed by atoms with Crippen LogP contribution in [0.4, 0.5) is 0 Å². The maximum absolute atomic E-state index is 5.83.